The molecule has 0 radical (unpaired) electrons. The third-order valence-corrected chi connectivity index (χ3v) is 9.01. The number of carbonyl (C=O) groups is 1. The molecule has 0 aliphatic carbocycles. The minimum atomic E-state index is 0.197. The van der Waals surface area contributed by atoms with Gasteiger partial charge in [-0.1, -0.05) is 80.4 Å². The van der Waals surface area contributed by atoms with E-state index in [1.165, 1.54) is 12.0 Å². The zero-order chi connectivity index (χ0) is 39.9. The largest absolute Gasteiger partial charge is 0.492 e. The maximum atomic E-state index is 11.0. The van der Waals surface area contributed by atoms with Crippen LogP contribution in [0.2, 0.25) is 0 Å². The Kier molecular flexibility index (Phi) is 21.1. The lowest BCUT2D eigenvalue weighted by molar-refractivity contribution is -0.117. The van der Waals surface area contributed by atoms with Crippen molar-refractivity contribution in [2.75, 3.05) is 18.5 Å². The number of ketones is 1. The first-order valence-electron chi connectivity index (χ1n) is 19.8. The van der Waals surface area contributed by atoms with Gasteiger partial charge in [0.05, 0.1) is 24.1 Å². The number of ether oxygens (including phenoxy) is 2. The molecule has 4 rings (SSSR count). The third kappa shape index (κ3) is 15.2. The Balaban J connectivity index is 0.000000612. The highest BCUT2D eigenvalue weighted by atomic mass is 16.5. The lowest BCUT2D eigenvalue weighted by atomic mass is 9.96. The predicted molar refractivity (Wildman–Crippen MR) is 228 cm³/mol. The summed E-state index contributed by atoms with van der Waals surface area (Å²) in [7, 11) is 0. The topological polar surface area (TPSA) is 88.9 Å². The number of nitrogens with one attached hydrogen (secondary N) is 1. The van der Waals surface area contributed by atoms with E-state index in [-0.39, 0.29) is 11.7 Å². The summed E-state index contributed by atoms with van der Waals surface area (Å²) in [5.74, 6) is 7.29. The molecule has 1 aromatic heterocycles. The number of nitrogens with zero attached hydrogens (tertiary/aromatic N) is 4. The highest BCUT2D eigenvalue weighted by Gasteiger charge is 2.18. The molecule has 3 unspecified atom stereocenters. The van der Waals surface area contributed by atoms with E-state index in [4.69, 9.17) is 15.9 Å². The molecule has 0 fully saturated rings. The zero-order valence-corrected chi connectivity index (χ0v) is 34.6. The summed E-state index contributed by atoms with van der Waals surface area (Å²) in [4.78, 5) is 20.3. The van der Waals surface area contributed by atoms with Crippen molar-refractivity contribution < 1.29 is 14.3 Å². The van der Waals surface area contributed by atoms with E-state index in [9.17, 15) is 4.79 Å². The van der Waals surface area contributed by atoms with Gasteiger partial charge in [-0.2, -0.15) is 5.10 Å². The van der Waals surface area contributed by atoms with Crippen molar-refractivity contribution in [1.29, 1.82) is 0 Å². The maximum absolute atomic E-state index is 11.0. The highest BCUT2D eigenvalue weighted by Crippen LogP contribution is 2.37. The van der Waals surface area contributed by atoms with Crippen LogP contribution in [0.25, 0.3) is 10.9 Å². The van der Waals surface area contributed by atoms with Crippen LogP contribution in [-0.2, 0) is 11.2 Å². The zero-order valence-electron chi connectivity index (χ0n) is 34.6. The molecular weight excluding hydrogens is 671 g/mol. The minimum absolute atomic E-state index is 0.197. The standard InChI is InChI=1S/C33H43N5O2.C9H16O.C4H6/c1-7-10-26-11-13-29-31(32(26)39-21-24(5)19-23(4)8-2)33(35-22-34-29)37-27-12-14-30(25(6)20-27)40-28-15-17-38(18-16-28)36-9-3;1-4-6-7-9(10)8(3)5-2;1-3-4-2/h9,11-17,20,22-24H,7-8,10,18-19,21H2,1-6H3,(H,34,35,37);6-8H,4-5H2,1-3H3;1H,4H2,2H3/b36-9-;7-6+;. The Morgan fingerprint density at radius 1 is 1.07 bits per heavy atom. The van der Waals surface area contributed by atoms with E-state index >= 15 is 0 Å². The van der Waals surface area contributed by atoms with E-state index in [1.807, 2.05) is 83.1 Å². The van der Waals surface area contributed by atoms with Gasteiger partial charge in [0.2, 0.25) is 0 Å². The summed E-state index contributed by atoms with van der Waals surface area (Å²) >= 11 is 0. The van der Waals surface area contributed by atoms with Gasteiger partial charge in [0.1, 0.15) is 29.4 Å². The first-order valence-corrected chi connectivity index (χ1v) is 19.8. The summed E-state index contributed by atoms with van der Waals surface area (Å²) in [6.07, 6.45) is 24.7. The van der Waals surface area contributed by atoms with E-state index in [2.05, 4.69) is 72.2 Å². The molecule has 3 atom stereocenters. The Morgan fingerprint density at radius 3 is 2.43 bits per heavy atom. The van der Waals surface area contributed by atoms with Crippen molar-refractivity contribution in [3.05, 3.63) is 84.0 Å². The van der Waals surface area contributed by atoms with Crippen LogP contribution in [0.5, 0.6) is 11.5 Å². The van der Waals surface area contributed by atoms with Gasteiger partial charge in [0.25, 0.3) is 0 Å². The van der Waals surface area contributed by atoms with Crippen molar-refractivity contribution in [2.24, 2.45) is 22.9 Å². The van der Waals surface area contributed by atoms with Gasteiger partial charge in [0.15, 0.2) is 5.78 Å². The highest BCUT2D eigenvalue weighted by molar-refractivity contribution is 5.97. The number of hydrogen-bond donors (Lipinski definition) is 1. The van der Waals surface area contributed by atoms with Crippen LogP contribution in [0.3, 0.4) is 0 Å². The van der Waals surface area contributed by atoms with Gasteiger partial charge in [0, 0.05) is 30.4 Å². The van der Waals surface area contributed by atoms with E-state index in [0.29, 0.717) is 25.0 Å². The number of fused-ring (bicyclic) bond motifs is 1. The van der Waals surface area contributed by atoms with Crippen molar-refractivity contribution in [2.45, 2.75) is 114 Å². The molecule has 0 bridgehead atoms. The molecule has 1 aliphatic heterocycles. The van der Waals surface area contributed by atoms with Crippen molar-refractivity contribution in [1.82, 2.24) is 15.0 Å². The second-order valence-corrected chi connectivity index (χ2v) is 13.8. The van der Waals surface area contributed by atoms with Crippen LogP contribution in [0.15, 0.2) is 78.0 Å². The van der Waals surface area contributed by atoms with Gasteiger partial charge in [-0.25, -0.2) is 9.97 Å². The molecule has 0 amide bonds. The van der Waals surface area contributed by atoms with Gasteiger partial charge in [-0.3, -0.25) is 9.80 Å². The SMILES string of the molecule is C#CCC.C/C=N\N1C=CC(Oc2ccc(Nc3ncnc4ccc(CCC)c(OCC(C)CC(C)CC)c34)cc2C)=CC1.CC/C=C/C(=O)C(C)CC. The smallest absolute Gasteiger partial charge is 0.158 e. The normalized spacial score (nSPS) is 13.9. The second kappa shape index (κ2) is 25.2. The number of aryl methyl sites for hydroxylation is 2. The molecule has 3 aromatic rings. The summed E-state index contributed by atoms with van der Waals surface area (Å²) in [5, 5.41) is 10.6. The summed E-state index contributed by atoms with van der Waals surface area (Å²) in [5.41, 5.74) is 4.02. The van der Waals surface area contributed by atoms with Crippen molar-refractivity contribution in [3.63, 3.8) is 0 Å². The molecule has 0 spiro atoms. The Hall–Kier alpha value is -4.90. The Labute approximate surface area is 326 Å². The molecule has 2 heterocycles. The van der Waals surface area contributed by atoms with Crippen molar-refractivity contribution in [3.8, 4) is 23.8 Å². The van der Waals surface area contributed by atoms with Crippen LogP contribution >= 0.6 is 0 Å². The van der Waals surface area contributed by atoms with Gasteiger partial charge in [-0.15, -0.1) is 12.3 Å². The maximum Gasteiger partial charge on any atom is 0.158 e. The van der Waals surface area contributed by atoms with Crippen LogP contribution in [-0.4, -0.2) is 40.1 Å². The molecule has 8 heteroatoms. The number of hydrogen-bond acceptors (Lipinski definition) is 8. The van der Waals surface area contributed by atoms with E-state index in [0.717, 1.165) is 83.8 Å². The fourth-order valence-corrected chi connectivity index (χ4v) is 5.52. The molecule has 1 N–H and O–H groups in total. The van der Waals surface area contributed by atoms with E-state index < -0.39 is 0 Å². The number of anilines is 2. The number of terminal acetylenes is 1. The molecule has 8 nitrogen and oxygen atoms in total. The van der Waals surface area contributed by atoms with Crippen LogP contribution in [0.1, 0.15) is 112 Å². The van der Waals surface area contributed by atoms with E-state index in [1.54, 1.807) is 18.6 Å². The molecule has 0 saturated carbocycles. The summed E-state index contributed by atoms with van der Waals surface area (Å²) < 4.78 is 12.7. The lowest BCUT2D eigenvalue weighted by Gasteiger charge is -2.20. The van der Waals surface area contributed by atoms with Gasteiger partial charge < -0.3 is 14.8 Å². The lowest BCUT2D eigenvalue weighted by Crippen LogP contribution is -2.14. The third-order valence-electron chi connectivity index (χ3n) is 9.01. The van der Waals surface area contributed by atoms with Crippen LogP contribution in [0, 0.1) is 37.0 Å². The number of allylic oxidation sites excluding steroid dienone is 3. The molecule has 1 aliphatic rings. The number of rotatable bonds is 17. The number of aromatic nitrogens is 2. The predicted octanol–water partition coefficient (Wildman–Crippen LogP) is 11.8. The summed E-state index contributed by atoms with van der Waals surface area (Å²) in [6, 6.07) is 10.3. The summed E-state index contributed by atoms with van der Waals surface area (Å²) in [6.45, 7) is 22.3. The first-order chi connectivity index (χ1) is 26.0. The minimum Gasteiger partial charge on any atom is -0.492 e. The quantitative estimate of drug-likeness (QED) is 0.0838. The Morgan fingerprint density at radius 2 is 1.83 bits per heavy atom. The molecular formula is C46H65N5O3. The van der Waals surface area contributed by atoms with Crippen LogP contribution < -0.4 is 14.8 Å². The average molecular weight is 736 g/mol. The molecule has 0 saturated heterocycles. The van der Waals surface area contributed by atoms with Gasteiger partial charge >= 0.3 is 0 Å². The first kappa shape index (κ1) is 45.3. The van der Waals surface area contributed by atoms with Crippen LogP contribution in [0.4, 0.5) is 11.5 Å². The molecule has 2 aromatic carbocycles. The fourth-order valence-electron chi connectivity index (χ4n) is 5.52. The second-order valence-electron chi connectivity index (χ2n) is 13.8. The molecule has 54 heavy (non-hydrogen) atoms. The molecule has 292 valence electrons. The number of hydrazone groups is 1. The Bertz CT molecular complexity index is 1750. The number of carbonyl (C=O) groups excluding carboxylic acids is 1. The fraction of sp³-hybridized carbons (Fsp3) is 0.478. The monoisotopic (exact) mass is 736 g/mol. The van der Waals surface area contributed by atoms with Crippen molar-refractivity contribution >= 4 is 34.4 Å². The van der Waals surface area contributed by atoms with Gasteiger partial charge in [-0.05, 0) is 105 Å². The number of benzene rings is 2. The average Bonchev–Trinajstić information content (AvgIpc) is 3.18.